The van der Waals surface area contributed by atoms with Gasteiger partial charge in [-0.05, 0) is 30.6 Å². The Hall–Kier alpha value is 0.0700. The van der Waals surface area contributed by atoms with E-state index >= 15 is 0 Å². The van der Waals surface area contributed by atoms with E-state index in [1.54, 1.807) is 0 Å². The van der Waals surface area contributed by atoms with Crippen molar-refractivity contribution in [2.24, 2.45) is 10.8 Å². The molecule has 0 aromatic heterocycles. The Kier molecular flexibility index (Phi) is 9.94. The van der Waals surface area contributed by atoms with Crippen LogP contribution in [-0.4, -0.2) is 37.9 Å². The van der Waals surface area contributed by atoms with Crippen molar-refractivity contribution in [2.45, 2.75) is 40.5 Å². The predicted molar refractivity (Wildman–Crippen MR) is 83.0 cm³/mol. The highest BCUT2D eigenvalue weighted by Crippen LogP contribution is 2.21. The Morgan fingerprint density at radius 2 is 1.55 bits per heavy atom. The van der Waals surface area contributed by atoms with Gasteiger partial charge in [0.2, 0.25) is 0 Å². The lowest BCUT2D eigenvalue weighted by molar-refractivity contribution is 0.0317. The van der Waals surface area contributed by atoms with Gasteiger partial charge in [-0.25, -0.2) is 5.09 Å². The van der Waals surface area contributed by atoms with Crippen LogP contribution in [0.5, 0.6) is 0 Å². The van der Waals surface area contributed by atoms with E-state index in [0.29, 0.717) is 33.0 Å². The third-order valence-corrected chi connectivity index (χ3v) is 3.42. The molecule has 0 amide bonds. The van der Waals surface area contributed by atoms with Crippen LogP contribution >= 0.6 is 8.18 Å². The van der Waals surface area contributed by atoms with Gasteiger partial charge in [0.1, 0.15) is 0 Å². The minimum Gasteiger partial charge on any atom is -0.379 e. The van der Waals surface area contributed by atoms with Gasteiger partial charge in [-0.3, -0.25) is 4.57 Å². The highest BCUT2D eigenvalue weighted by molar-refractivity contribution is 7.35. The van der Waals surface area contributed by atoms with Gasteiger partial charge in [-0.2, -0.15) is 0 Å². The fraction of sp³-hybridized carbons (Fsp3) is 0.929. The molecule has 1 unspecified atom stereocenters. The average molecular weight is 308 g/mol. The molecule has 1 radical (unpaired) electrons. The molecule has 0 aliphatic rings. The molecule has 0 saturated carbocycles. The van der Waals surface area contributed by atoms with Crippen molar-refractivity contribution in [2.75, 3.05) is 33.0 Å². The first kappa shape index (κ1) is 20.1. The molecule has 0 aromatic rings. The van der Waals surface area contributed by atoms with E-state index in [-0.39, 0.29) is 10.8 Å². The van der Waals surface area contributed by atoms with Crippen molar-refractivity contribution in [1.29, 1.82) is 0 Å². The number of ether oxygens (including phenoxy) is 2. The minimum atomic E-state index is -2.59. The van der Waals surface area contributed by atoms with Crippen molar-refractivity contribution in [3.63, 3.8) is 0 Å². The molecular weight excluding hydrogens is 277 g/mol. The molecule has 0 aromatic carbocycles. The highest BCUT2D eigenvalue weighted by Gasteiger charge is 2.17. The molecule has 0 saturated heterocycles. The summed E-state index contributed by atoms with van der Waals surface area (Å²) >= 11 is 0. The van der Waals surface area contributed by atoms with E-state index in [9.17, 15) is 4.57 Å². The van der Waals surface area contributed by atoms with Gasteiger partial charge < -0.3 is 14.4 Å². The highest BCUT2D eigenvalue weighted by atomic mass is 31.1. The molecule has 5 nitrogen and oxygen atoms in total. The van der Waals surface area contributed by atoms with Gasteiger partial charge in [0.25, 0.3) is 8.18 Å². The number of hydrogen-bond acceptors (Lipinski definition) is 3. The third-order valence-electron chi connectivity index (χ3n) is 2.94. The SMILES string of the molecule is [CH2]C(C)(C)CCOCCOCCC(C)(C)CN[PH](=O)O. The molecule has 1 atom stereocenters. The molecule has 0 bridgehead atoms. The smallest absolute Gasteiger partial charge is 0.255 e. The normalized spacial score (nSPS) is 14.5. The van der Waals surface area contributed by atoms with E-state index in [0.717, 1.165) is 12.8 Å². The second-order valence-electron chi connectivity index (χ2n) is 6.71. The van der Waals surface area contributed by atoms with Crippen LogP contribution in [0.3, 0.4) is 0 Å². The molecule has 121 valence electrons. The standard InChI is InChI=1S/C14H31NO4P/c1-13(2,3)6-8-18-10-11-19-9-7-14(4,5)12-15-20(16)17/h20H,1,6-12H2,2-5H3,(H2,15,16,17). The molecule has 2 N–H and O–H groups in total. The van der Waals surface area contributed by atoms with Crippen LogP contribution in [-0.2, 0) is 14.0 Å². The molecule has 0 fully saturated rings. The zero-order chi connectivity index (χ0) is 15.6. The molecule has 20 heavy (non-hydrogen) atoms. The van der Waals surface area contributed by atoms with Gasteiger partial charge in [0, 0.05) is 19.8 Å². The van der Waals surface area contributed by atoms with Crippen molar-refractivity contribution in [1.82, 2.24) is 5.09 Å². The largest absolute Gasteiger partial charge is 0.379 e. The van der Waals surface area contributed by atoms with E-state index in [1.165, 1.54) is 0 Å². The summed E-state index contributed by atoms with van der Waals surface area (Å²) in [5.74, 6) is 0. The van der Waals surface area contributed by atoms with Crippen LogP contribution < -0.4 is 5.09 Å². The fourth-order valence-corrected chi connectivity index (χ4v) is 2.05. The van der Waals surface area contributed by atoms with E-state index in [4.69, 9.17) is 14.4 Å². The zero-order valence-electron chi connectivity index (χ0n) is 13.3. The quantitative estimate of drug-likeness (QED) is 0.428. The summed E-state index contributed by atoms with van der Waals surface area (Å²) in [6.07, 6.45) is 1.77. The lowest BCUT2D eigenvalue weighted by atomic mass is 9.90. The van der Waals surface area contributed by atoms with E-state index < -0.39 is 8.18 Å². The lowest BCUT2D eigenvalue weighted by Gasteiger charge is -2.24. The maximum Gasteiger partial charge on any atom is 0.255 e. The molecular formula is C14H31NO4P. The first-order valence-corrected chi connectivity index (χ1v) is 8.46. The van der Waals surface area contributed by atoms with E-state index in [1.807, 2.05) is 13.8 Å². The first-order valence-electron chi connectivity index (χ1n) is 7.10. The summed E-state index contributed by atoms with van der Waals surface area (Å²) in [5.41, 5.74) is 0.00819. The van der Waals surface area contributed by atoms with Gasteiger partial charge in [0.05, 0.1) is 13.2 Å². The summed E-state index contributed by atoms with van der Waals surface area (Å²) in [6.45, 7) is 15.3. The second-order valence-corrected chi connectivity index (χ2v) is 7.68. The average Bonchev–Trinajstić information content (AvgIpc) is 2.29. The van der Waals surface area contributed by atoms with Crippen molar-refractivity contribution in [3.8, 4) is 0 Å². The summed E-state index contributed by atoms with van der Waals surface area (Å²) in [6, 6.07) is 0. The van der Waals surface area contributed by atoms with Crippen molar-refractivity contribution >= 4 is 8.18 Å². The van der Waals surface area contributed by atoms with Crippen LogP contribution in [0.15, 0.2) is 0 Å². The van der Waals surface area contributed by atoms with Crippen molar-refractivity contribution in [3.05, 3.63) is 6.92 Å². The van der Waals surface area contributed by atoms with Crippen molar-refractivity contribution < 1.29 is 18.9 Å². The molecule has 0 rings (SSSR count). The summed E-state index contributed by atoms with van der Waals surface area (Å²) in [4.78, 5) is 8.75. The zero-order valence-corrected chi connectivity index (χ0v) is 14.3. The topological polar surface area (TPSA) is 67.8 Å². The Morgan fingerprint density at radius 1 is 1.05 bits per heavy atom. The van der Waals surface area contributed by atoms with Crippen LogP contribution in [0.25, 0.3) is 0 Å². The molecule has 0 aliphatic heterocycles. The molecule has 0 aliphatic carbocycles. The maximum absolute atomic E-state index is 10.6. The monoisotopic (exact) mass is 308 g/mol. The molecule has 0 heterocycles. The third kappa shape index (κ3) is 14.5. The van der Waals surface area contributed by atoms with Gasteiger partial charge in [-0.1, -0.05) is 27.7 Å². The summed E-state index contributed by atoms with van der Waals surface area (Å²) in [5, 5.41) is 2.58. The van der Waals surface area contributed by atoms with Gasteiger partial charge in [-0.15, -0.1) is 0 Å². The van der Waals surface area contributed by atoms with Gasteiger partial charge >= 0.3 is 0 Å². The van der Waals surface area contributed by atoms with Crippen LogP contribution in [0.1, 0.15) is 40.5 Å². The minimum absolute atomic E-state index is 0.0538. The van der Waals surface area contributed by atoms with Crippen LogP contribution in [0, 0.1) is 17.8 Å². The summed E-state index contributed by atoms with van der Waals surface area (Å²) in [7, 11) is -2.59. The maximum atomic E-state index is 10.6. The number of hydrogen-bond donors (Lipinski definition) is 2. The predicted octanol–water partition coefficient (Wildman–Crippen LogP) is 2.66. The van der Waals surface area contributed by atoms with Crippen LogP contribution in [0.2, 0.25) is 0 Å². The molecule has 6 heteroatoms. The Morgan fingerprint density at radius 3 is 2.00 bits per heavy atom. The Balaban J connectivity index is 3.45. The Bertz CT molecular complexity index is 277. The lowest BCUT2D eigenvalue weighted by Crippen LogP contribution is -2.27. The van der Waals surface area contributed by atoms with Crippen LogP contribution in [0.4, 0.5) is 0 Å². The first-order chi connectivity index (χ1) is 9.12. The van der Waals surface area contributed by atoms with Gasteiger partial charge in [0.15, 0.2) is 0 Å². The number of nitrogens with one attached hydrogen (secondary N) is 1. The summed E-state index contributed by atoms with van der Waals surface area (Å²) < 4.78 is 21.6. The molecule has 0 spiro atoms. The van der Waals surface area contributed by atoms with E-state index in [2.05, 4.69) is 25.9 Å². The Labute approximate surface area is 124 Å². The number of rotatable bonds is 12. The fourth-order valence-electron chi connectivity index (χ4n) is 1.42. The second kappa shape index (κ2) is 9.91.